The predicted molar refractivity (Wildman–Crippen MR) is 70.2 cm³/mol. The molecule has 0 radical (unpaired) electrons. The Labute approximate surface area is 109 Å². The Hall–Kier alpha value is -0.650. The summed E-state index contributed by atoms with van der Waals surface area (Å²) in [7, 11) is 0. The number of carbonyl (C=O) groups is 1. The van der Waals surface area contributed by atoms with E-state index in [1.54, 1.807) is 6.92 Å². The Morgan fingerprint density at radius 2 is 2.00 bits per heavy atom. The van der Waals surface area contributed by atoms with Crippen LogP contribution in [0, 0.1) is 5.92 Å². The number of hydrogen-bond acceptors (Lipinski definition) is 4. The maximum absolute atomic E-state index is 11.9. The highest BCUT2D eigenvalue weighted by Crippen LogP contribution is 2.25. The van der Waals surface area contributed by atoms with E-state index in [-0.39, 0.29) is 5.91 Å². The van der Waals surface area contributed by atoms with Crippen molar-refractivity contribution in [1.29, 1.82) is 0 Å². The van der Waals surface area contributed by atoms with E-state index in [0.717, 1.165) is 12.8 Å². The smallest absolute Gasteiger partial charge is 0.248 e. The molecule has 0 aromatic heterocycles. The fourth-order valence-electron chi connectivity index (χ4n) is 1.99. The molecule has 1 atom stereocenters. The zero-order valence-electron chi connectivity index (χ0n) is 11.7. The summed E-state index contributed by atoms with van der Waals surface area (Å²) in [5.74, 6) is 0.371. The molecule has 1 saturated heterocycles. The number of rotatable bonds is 6. The van der Waals surface area contributed by atoms with Gasteiger partial charge < -0.3 is 20.5 Å². The SMILES string of the molecule is CC(C)CNC(=O)C(C)OC1(CN)CCOCC1. The van der Waals surface area contributed by atoms with Crippen molar-refractivity contribution in [3.05, 3.63) is 0 Å². The van der Waals surface area contributed by atoms with E-state index in [9.17, 15) is 4.79 Å². The van der Waals surface area contributed by atoms with E-state index in [4.69, 9.17) is 15.2 Å². The fourth-order valence-corrected chi connectivity index (χ4v) is 1.99. The monoisotopic (exact) mass is 258 g/mol. The van der Waals surface area contributed by atoms with E-state index in [2.05, 4.69) is 19.2 Å². The van der Waals surface area contributed by atoms with Gasteiger partial charge in [0.2, 0.25) is 5.91 Å². The standard InChI is InChI=1S/C13H26N2O3/c1-10(2)8-15-12(16)11(3)18-13(9-14)4-6-17-7-5-13/h10-11H,4-9,14H2,1-3H3,(H,15,16). The van der Waals surface area contributed by atoms with E-state index in [1.807, 2.05) is 0 Å². The Morgan fingerprint density at radius 3 is 2.50 bits per heavy atom. The lowest BCUT2D eigenvalue weighted by Crippen LogP contribution is -2.50. The molecule has 0 bridgehead atoms. The van der Waals surface area contributed by atoms with Crippen LogP contribution in [-0.4, -0.2) is 43.9 Å². The van der Waals surface area contributed by atoms with Crippen LogP contribution in [0.3, 0.4) is 0 Å². The van der Waals surface area contributed by atoms with E-state index in [1.165, 1.54) is 0 Å². The van der Waals surface area contributed by atoms with Crippen molar-refractivity contribution in [1.82, 2.24) is 5.32 Å². The van der Waals surface area contributed by atoms with Gasteiger partial charge in [-0.05, 0) is 12.8 Å². The molecule has 1 aliphatic rings. The lowest BCUT2D eigenvalue weighted by molar-refractivity contribution is -0.158. The summed E-state index contributed by atoms with van der Waals surface area (Å²) in [6.07, 6.45) is 1.04. The van der Waals surface area contributed by atoms with Crippen LogP contribution in [0.5, 0.6) is 0 Å². The van der Waals surface area contributed by atoms with Gasteiger partial charge in [0.25, 0.3) is 0 Å². The van der Waals surface area contributed by atoms with Gasteiger partial charge in [0.05, 0.1) is 5.60 Å². The topological polar surface area (TPSA) is 73.6 Å². The van der Waals surface area contributed by atoms with Gasteiger partial charge in [0.15, 0.2) is 0 Å². The zero-order chi connectivity index (χ0) is 13.6. The summed E-state index contributed by atoms with van der Waals surface area (Å²) in [5, 5.41) is 2.88. The number of nitrogens with one attached hydrogen (secondary N) is 1. The molecule has 1 fully saturated rings. The molecule has 5 heteroatoms. The third kappa shape index (κ3) is 4.55. The molecule has 0 spiro atoms. The number of amides is 1. The first kappa shape index (κ1) is 15.4. The van der Waals surface area contributed by atoms with Crippen molar-refractivity contribution in [2.45, 2.75) is 45.3 Å². The molecule has 1 unspecified atom stereocenters. The summed E-state index contributed by atoms with van der Waals surface area (Å²) in [4.78, 5) is 11.9. The van der Waals surface area contributed by atoms with Crippen molar-refractivity contribution in [3.63, 3.8) is 0 Å². The van der Waals surface area contributed by atoms with Crippen LogP contribution in [0.1, 0.15) is 33.6 Å². The molecule has 5 nitrogen and oxygen atoms in total. The Morgan fingerprint density at radius 1 is 1.39 bits per heavy atom. The van der Waals surface area contributed by atoms with Gasteiger partial charge in [-0.15, -0.1) is 0 Å². The van der Waals surface area contributed by atoms with Crippen LogP contribution in [0.4, 0.5) is 0 Å². The Kier molecular flexibility index (Phi) is 6.05. The summed E-state index contributed by atoms with van der Waals surface area (Å²) in [6, 6.07) is 0. The molecule has 0 aromatic carbocycles. The van der Waals surface area contributed by atoms with Crippen molar-refractivity contribution in [3.8, 4) is 0 Å². The van der Waals surface area contributed by atoms with Crippen molar-refractivity contribution < 1.29 is 14.3 Å². The third-order valence-electron chi connectivity index (χ3n) is 3.26. The largest absolute Gasteiger partial charge is 0.381 e. The first-order valence-corrected chi connectivity index (χ1v) is 6.72. The molecule has 1 aliphatic heterocycles. The van der Waals surface area contributed by atoms with Gasteiger partial charge in [0, 0.05) is 39.1 Å². The van der Waals surface area contributed by atoms with Crippen LogP contribution in [0.25, 0.3) is 0 Å². The van der Waals surface area contributed by atoms with Crippen LogP contribution in [0.2, 0.25) is 0 Å². The van der Waals surface area contributed by atoms with Crippen LogP contribution in [0.15, 0.2) is 0 Å². The predicted octanol–water partition coefficient (Wildman–Crippen LogP) is 0.672. The molecular formula is C13H26N2O3. The molecule has 0 saturated carbocycles. The molecular weight excluding hydrogens is 232 g/mol. The minimum atomic E-state index is -0.467. The second kappa shape index (κ2) is 7.07. The van der Waals surface area contributed by atoms with Gasteiger partial charge in [-0.25, -0.2) is 0 Å². The zero-order valence-corrected chi connectivity index (χ0v) is 11.7. The highest BCUT2D eigenvalue weighted by molar-refractivity contribution is 5.80. The number of ether oxygens (including phenoxy) is 2. The van der Waals surface area contributed by atoms with Crippen molar-refractivity contribution >= 4 is 5.91 Å². The third-order valence-corrected chi connectivity index (χ3v) is 3.26. The highest BCUT2D eigenvalue weighted by Gasteiger charge is 2.35. The summed E-state index contributed by atoms with van der Waals surface area (Å²) >= 11 is 0. The molecule has 1 amide bonds. The van der Waals surface area contributed by atoms with Crippen molar-refractivity contribution in [2.75, 3.05) is 26.3 Å². The van der Waals surface area contributed by atoms with E-state index < -0.39 is 11.7 Å². The highest BCUT2D eigenvalue weighted by atomic mass is 16.5. The van der Waals surface area contributed by atoms with Gasteiger partial charge in [-0.2, -0.15) is 0 Å². The minimum absolute atomic E-state index is 0.0667. The number of carbonyl (C=O) groups excluding carboxylic acids is 1. The summed E-state index contributed by atoms with van der Waals surface area (Å²) < 4.78 is 11.2. The second-order valence-corrected chi connectivity index (χ2v) is 5.40. The van der Waals surface area contributed by atoms with Crippen LogP contribution >= 0.6 is 0 Å². The maximum atomic E-state index is 11.9. The maximum Gasteiger partial charge on any atom is 0.248 e. The van der Waals surface area contributed by atoms with E-state index >= 15 is 0 Å². The minimum Gasteiger partial charge on any atom is -0.381 e. The second-order valence-electron chi connectivity index (χ2n) is 5.40. The fraction of sp³-hybridized carbons (Fsp3) is 0.923. The average molecular weight is 258 g/mol. The normalized spacial score (nSPS) is 20.7. The molecule has 3 N–H and O–H groups in total. The average Bonchev–Trinajstić information content (AvgIpc) is 2.36. The molecule has 0 aliphatic carbocycles. The molecule has 1 rings (SSSR count). The van der Waals surface area contributed by atoms with Gasteiger partial charge in [-0.3, -0.25) is 4.79 Å². The molecule has 18 heavy (non-hydrogen) atoms. The van der Waals surface area contributed by atoms with Gasteiger partial charge >= 0.3 is 0 Å². The number of nitrogens with two attached hydrogens (primary N) is 1. The number of hydrogen-bond donors (Lipinski definition) is 2. The Bertz CT molecular complexity index is 263. The first-order valence-electron chi connectivity index (χ1n) is 6.72. The van der Waals surface area contributed by atoms with E-state index in [0.29, 0.717) is 32.2 Å². The van der Waals surface area contributed by atoms with Gasteiger partial charge in [-0.1, -0.05) is 13.8 Å². The summed E-state index contributed by atoms with van der Waals surface area (Å²) in [5.41, 5.74) is 5.40. The van der Waals surface area contributed by atoms with Crippen LogP contribution in [-0.2, 0) is 14.3 Å². The van der Waals surface area contributed by atoms with Crippen molar-refractivity contribution in [2.24, 2.45) is 11.7 Å². The lowest BCUT2D eigenvalue weighted by Gasteiger charge is -2.37. The molecule has 0 aromatic rings. The summed E-state index contributed by atoms with van der Waals surface area (Å²) in [6.45, 7) is 8.30. The first-order chi connectivity index (χ1) is 8.49. The van der Waals surface area contributed by atoms with Gasteiger partial charge in [0.1, 0.15) is 6.10 Å². The molecule has 1 heterocycles. The molecule has 106 valence electrons. The Balaban J connectivity index is 2.45. The quantitative estimate of drug-likeness (QED) is 0.734. The van der Waals surface area contributed by atoms with Crippen LogP contribution < -0.4 is 11.1 Å². The lowest BCUT2D eigenvalue weighted by atomic mass is 9.94.